The van der Waals surface area contributed by atoms with Gasteiger partial charge >= 0.3 is 0 Å². The highest BCUT2D eigenvalue weighted by Crippen LogP contribution is 2.34. The molecule has 4 heteroatoms. The van der Waals surface area contributed by atoms with E-state index in [-0.39, 0.29) is 17.8 Å². The molecule has 2 rings (SSSR count). The van der Waals surface area contributed by atoms with E-state index in [0.717, 1.165) is 25.7 Å². The fraction of sp³-hybridized carbons (Fsp3) is 0.786. The van der Waals surface area contributed by atoms with Gasteiger partial charge in [0.1, 0.15) is 0 Å². The first-order valence-corrected chi connectivity index (χ1v) is 8.01. The second-order valence-corrected chi connectivity index (χ2v) is 6.67. The molecule has 2 aliphatic carbocycles. The van der Waals surface area contributed by atoms with Gasteiger partial charge in [-0.25, -0.2) is 0 Å². The third-order valence-electron chi connectivity index (χ3n) is 3.51. The summed E-state index contributed by atoms with van der Waals surface area (Å²) in [5.41, 5.74) is 1.26. The molecule has 1 N–H and O–H groups in total. The zero-order valence-corrected chi connectivity index (χ0v) is 11.9. The van der Waals surface area contributed by atoms with E-state index in [9.17, 15) is 4.79 Å². The Balaban J connectivity index is 1.92. The van der Waals surface area contributed by atoms with Crippen LogP contribution in [-0.2, 0) is 4.79 Å². The lowest BCUT2D eigenvalue weighted by atomic mass is 10.0. The van der Waals surface area contributed by atoms with Crippen LogP contribution >= 0.6 is 11.8 Å². The number of hydrogen-bond acceptors (Lipinski definition) is 3. The number of allylic oxidation sites excluding steroid dienone is 2. The van der Waals surface area contributed by atoms with Gasteiger partial charge in [0.05, 0.1) is 12.4 Å². The van der Waals surface area contributed by atoms with Gasteiger partial charge in [0.25, 0.3) is 0 Å². The molecule has 0 heterocycles. The summed E-state index contributed by atoms with van der Waals surface area (Å²) in [4.78, 5) is 14.4. The molecule has 3 nitrogen and oxygen atoms in total. The number of rotatable bonds is 6. The monoisotopic (exact) mass is 269 g/mol. The van der Waals surface area contributed by atoms with Gasteiger partial charge in [0.15, 0.2) is 0 Å². The van der Waals surface area contributed by atoms with Gasteiger partial charge in [0, 0.05) is 17.0 Å². The second-order valence-electron chi connectivity index (χ2n) is 5.24. The van der Waals surface area contributed by atoms with E-state index in [2.05, 4.69) is 11.0 Å². The minimum absolute atomic E-state index is 0.143. The van der Waals surface area contributed by atoms with Gasteiger partial charge in [0.2, 0.25) is 5.91 Å². The number of nitrogens with zero attached hydrogens (tertiary/aromatic N) is 1. The van der Waals surface area contributed by atoms with Crippen LogP contribution in [0.1, 0.15) is 45.4 Å². The number of carbonyl (C=O) groups is 1. The van der Waals surface area contributed by atoms with Crippen LogP contribution in [0, 0.1) is 0 Å². The van der Waals surface area contributed by atoms with E-state index in [1.165, 1.54) is 18.5 Å². The number of thioether (sulfide) groups is 1. The van der Waals surface area contributed by atoms with E-state index < -0.39 is 0 Å². The van der Waals surface area contributed by atoms with Gasteiger partial charge in [-0.1, -0.05) is 13.0 Å². The first-order chi connectivity index (χ1) is 8.72. The molecule has 0 aromatic rings. The Kier molecular flexibility index (Phi) is 5.13. The minimum Gasteiger partial charge on any atom is -0.395 e. The van der Waals surface area contributed by atoms with Crippen molar-refractivity contribution in [2.75, 3.05) is 12.4 Å². The molecule has 0 aliphatic heterocycles. The molecule has 1 amide bonds. The lowest BCUT2D eigenvalue weighted by Crippen LogP contribution is -2.34. The average molecular weight is 269 g/mol. The number of aliphatic hydroxyl groups excluding tert-OH is 1. The molecule has 102 valence electrons. The zero-order valence-electron chi connectivity index (χ0n) is 11.1. The van der Waals surface area contributed by atoms with Crippen molar-refractivity contribution in [2.24, 2.45) is 0 Å². The van der Waals surface area contributed by atoms with Gasteiger partial charge < -0.3 is 10.0 Å². The predicted octanol–water partition coefficient (Wildman–Crippen LogP) is 2.55. The fourth-order valence-electron chi connectivity index (χ4n) is 2.31. The van der Waals surface area contributed by atoms with Crippen LogP contribution < -0.4 is 0 Å². The van der Waals surface area contributed by atoms with Crippen molar-refractivity contribution in [1.82, 2.24) is 4.90 Å². The van der Waals surface area contributed by atoms with Crippen molar-refractivity contribution in [2.45, 2.75) is 56.7 Å². The molecule has 0 saturated heterocycles. The van der Waals surface area contributed by atoms with Crippen LogP contribution in [0.4, 0.5) is 0 Å². The summed E-state index contributed by atoms with van der Waals surface area (Å²) in [7, 11) is 0. The van der Waals surface area contributed by atoms with Crippen LogP contribution in [0.15, 0.2) is 11.8 Å². The summed E-state index contributed by atoms with van der Waals surface area (Å²) < 4.78 is 0. The zero-order chi connectivity index (χ0) is 13.0. The van der Waals surface area contributed by atoms with E-state index in [0.29, 0.717) is 11.8 Å². The van der Waals surface area contributed by atoms with Crippen molar-refractivity contribution >= 4 is 17.7 Å². The van der Waals surface area contributed by atoms with Crippen molar-refractivity contribution < 1.29 is 9.90 Å². The minimum atomic E-state index is 0.143. The van der Waals surface area contributed by atoms with Crippen LogP contribution in [0.3, 0.4) is 0 Å². The molecular weight excluding hydrogens is 246 g/mol. The summed E-state index contributed by atoms with van der Waals surface area (Å²) in [5, 5.41) is 9.15. The number of amides is 1. The molecule has 0 bridgehead atoms. The Labute approximate surface area is 114 Å². The SMILES string of the molecule is CC(CO)SCC(=O)N(C1=CCCCC1)C1CC1. The quantitative estimate of drug-likeness (QED) is 0.805. The molecule has 18 heavy (non-hydrogen) atoms. The Bertz CT molecular complexity index is 326. The number of hydrogen-bond donors (Lipinski definition) is 1. The maximum Gasteiger partial charge on any atom is 0.236 e. The molecule has 2 aliphatic rings. The highest BCUT2D eigenvalue weighted by Gasteiger charge is 2.34. The Morgan fingerprint density at radius 3 is 2.89 bits per heavy atom. The van der Waals surface area contributed by atoms with Crippen molar-refractivity contribution in [3.63, 3.8) is 0 Å². The molecule has 1 saturated carbocycles. The Morgan fingerprint density at radius 2 is 2.33 bits per heavy atom. The molecule has 0 radical (unpaired) electrons. The van der Waals surface area contributed by atoms with Gasteiger partial charge in [-0.2, -0.15) is 0 Å². The highest BCUT2D eigenvalue weighted by atomic mass is 32.2. The topological polar surface area (TPSA) is 40.5 Å². The largest absolute Gasteiger partial charge is 0.395 e. The van der Waals surface area contributed by atoms with Gasteiger partial charge in [-0.3, -0.25) is 4.79 Å². The molecule has 1 unspecified atom stereocenters. The summed E-state index contributed by atoms with van der Waals surface area (Å²) in [6, 6.07) is 0.465. The number of aliphatic hydroxyl groups is 1. The van der Waals surface area contributed by atoms with Crippen molar-refractivity contribution in [3.8, 4) is 0 Å². The predicted molar refractivity (Wildman–Crippen MR) is 75.4 cm³/mol. The van der Waals surface area contributed by atoms with Crippen molar-refractivity contribution in [3.05, 3.63) is 11.8 Å². The Hall–Kier alpha value is -0.480. The van der Waals surface area contributed by atoms with Gasteiger partial charge in [-0.15, -0.1) is 11.8 Å². The summed E-state index contributed by atoms with van der Waals surface area (Å²) in [6.45, 7) is 2.10. The molecule has 0 aromatic carbocycles. The average Bonchev–Trinajstić information content (AvgIpc) is 3.22. The standard InChI is InChI=1S/C14H23NO2S/c1-11(9-16)18-10-14(17)15(13-7-8-13)12-5-3-2-4-6-12/h5,11,13,16H,2-4,6-10H2,1H3. The molecule has 1 fully saturated rings. The normalized spacial score (nSPS) is 21.3. The van der Waals surface area contributed by atoms with E-state index in [4.69, 9.17) is 5.11 Å². The highest BCUT2D eigenvalue weighted by molar-refractivity contribution is 8.00. The molecular formula is C14H23NO2S. The van der Waals surface area contributed by atoms with Crippen LogP contribution in [0.25, 0.3) is 0 Å². The van der Waals surface area contributed by atoms with Crippen LogP contribution in [0.5, 0.6) is 0 Å². The van der Waals surface area contributed by atoms with E-state index in [1.54, 1.807) is 11.8 Å². The van der Waals surface area contributed by atoms with Crippen molar-refractivity contribution in [1.29, 1.82) is 0 Å². The maximum absolute atomic E-state index is 12.3. The first kappa shape index (κ1) is 13.9. The summed E-state index contributed by atoms with van der Waals surface area (Å²) in [6.07, 6.45) is 9.20. The summed E-state index contributed by atoms with van der Waals surface area (Å²) in [5.74, 6) is 0.728. The maximum atomic E-state index is 12.3. The lowest BCUT2D eigenvalue weighted by molar-refractivity contribution is -0.127. The first-order valence-electron chi connectivity index (χ1n) is 6.96. The third-order valence-corrected chi connectivity index (χ3v) is 4.64. The Morgan fingerprint density at radius 1 is 1.56 bits per heavy atom. The number of carbonyl (C=O) groups excluding carboxylic acids is 1. The second kappa shape index (κ2) is 6.62. The van der Waals surface area contributed by atoms with Crippen LogP contribution in [-0.4, -0.2) is 39.6 Å². The van der Waals surface area contributed by atoms with Gasteiger partial charge in [-0.05, 0) is 38.5 Å². The molecule has 0 aromatic heterocycles. The smallest absolute Gasteiger partial charge is 0.236 e. The van der Waals surface area contributed by atoms with E-state index >= 15 is 0 Å². The third kappa shape index (κ3) is 3.75. The summed E-state index contributed by atoms with van der Waals surface area (Å²) >= 11 is 1.55. The molecule has 0 spiro atoms. The molecule has 1 atom stereocenters. The van der Waals surface area contributed by atoms with E-state index in [1.807, 2.05) is 6.92 Å². The fourth-order valence-corrected chi connectivity index (χ4v) is 2.98. The lowest BCUT2D eigenvalue weighted by Gasteiger charge is -2.28. The van der Waals surface area contributed by atoms with Crippen LogP contribution in [0.2, 0.25) is 0 Å².